The summed E-state index contributed by atoms with van der Waals surface area (Å²) >= 11 is 0. The van der Waals surface area contributed by atoms with Crippen LogP contribution in [-0.4, -0.2) is 59.4 Å². The molecule has 1 unspecified atom stereocenters. The van der Waals surface area contributed by atoms with Crippen LogP contribution in [0.25, 0.3) is 0 Å². The third kappa shape index (κ3) is 5.69. The SMILES string of the molecule is Nc1ccn([C@@H]2O[C@H](COP(=O)(O)O[C@H](c3ccccc3)P(=O)(O)O)[C@@H](O)[C@H]2O)c(=O)n1. The minimum absolute atomic E-state index is 0.0680. The van der Waals surface area contributed by atoms with Crippen molar-refractivity contribution < 1.29 is 47.8 Å². The fraction of sp³-hybridized carbons (Fsp3) is 0.375. The summed E-state index contributed by atoms with van der Waals surface area (Å²) in [6.45, 7) is -0.817. The van der Waals surface area contributed by atoms with E-state index >= 15 is 0 Å². The van der Waals surface area contributed by atoms with E-state index in [0.29, 0.717) is 0 Å². The highest BCUT2D eigenvalue weighted by Gasteiger charge is 2.46. The number of phosphoric ester groups is 1. The Balaban J connectivity index is 1.70. The molecule has 1 saturated heterocycles. The zero-order chi connectivity index (χ0) is 23.7. The van der Waals surface area contributed by atoms with Crippen molar-refractivity contribution in [2.24, 2.45) is 0 Å². The zero-order valence-electron chi connectivity index (χ0n) is 16.2. The molecule has 32 heavy (non-hydrogen) atoms. The van der Waals surface area contributed by atoms with E-state index in [1.807, 2.05) is 0 Å². The van der Waals surface area contributed by atoms with Gasteiger partial charge in [0.25, 0.3) is 0 Å². The van der Waals surface area contributed by atoms with E-state index in [2.05, 4.69) is 4.98 Å². The van der Waals surface area contributed by atoms with Gasteiger partial charge in [0.1, 0.15) is 24.1 Å². The zero-order valence-corrected chi connectivity index (χ0v) is 18.0. The van der Waals surface area contributed by atoms with E-state index < -0.39 is 58.1 Å². The largest absolute Gasteiger partial charge is 0.473 e. The lowest BCUT2D eigenvalue weighted by molar-refractivity contribution is -0.0556. The molecule has 1 aliphatic rings. The lowest BCUT2D eigenvalue weighted by Gasteiger charge is -2.23. The standard InChI is InChI=1S/C16H21N3O11P2/c17-11-6-7-19(16(22)18-11)14-13(21)12(20)10(29-14)8-28-32(26,27)30-15(31(23,24)25)9-4-2-1-3-5-9/h1-7,10,12-15,20-21H,8H2,(H,26,27)(H2,17,18,22)(H2,23,24,25)/t10-,12-,13-,14-,15+/m1/s1. The van der Waals surface area contributed by atoms with Gasteiger partial charge < -0.3 is 35.4 Å². The number of nitrogen functional groups attached to an aromatic ring is 1. The van der Waals surface area contributed by atoms with Crippen molar-refractivity contribution in [3.63, 3.8) is 0 Å². The first kappa shape index (κ1) is 24.7. The summed E-state index contributed by atoms with van der Waals surface area (Å²) < 4.78 is 39.7. The fourth-order valence-electron chi connectivity index (χ4n) is 2.97. The molecule has 2 heterocycles. The van der Waals surface area contributed by atoms with Crippen LogP contribution in [0.2, 0.25) is 0 Å². The molecule has 1 fully saturated rings. The summed E-state index contributed by atoms with van der Waals surface area (Å²) in [4.78, 5) is 44.4. The Kier molecular flexibility index (Phi) is 7.32. The van der Waals surface area contributed by atoms with Gasteiger partial charge in [0.15, 0.2) is 12.1 Å². The third-order valence-corrected chi connectivity index (χ3v) is 6.62. The van der Waals surface area contributed by atoms with Crippen LogP contribution in [0.5, 0.6) is 0 Å². The van der Waals surface area contributed by atoms with Crippen LogP contribution in [-0.2, 0) is 22.9 Å². The number of aliphatic hydroxyl groups excluding tert-OH is 2. The second kappa shape index (κ2) is 9.49. The van der Waals surface area contributed by atoms with Gasteiger partial charge in [0.2, 0.25) is 0 Å². The number of ether oxygens (including phenoxy) is 1. The minimum Gasteiger partial charge on any atom is -0.387 e. The average Bonchev–Trinajstić information content (AvgIpc) is 2.99. The molecular weight excluding hydrogens is 472 g/mol. The molecule has 3 rings (SSSR count). The summed E-state index contributed by atoms with van der Waals surface area (Å²) in [6, 6.07) is 8.29. The Morgan fingerprint density at radius 2 is 1.78 bits per heavy atom. The van der Waals surface area contributed by atoms with Crippen molar-refractivity contribution in [1.29, 1.82) is 0 Å². The van der Waals surface area contributed by atoms with Crippen molar-refractivity contribution >= 4 is 21.2 Å². The van der Waals surface area contributed by atoms with Gasteiger partial charge in [-0.3, -0.25) is 18.2 Å². The van der Waals surface area contributed by atoms with Crippen LogP contribution >= 0.6 is 15.4 Å². The van der Waals surface area contributed by atoms with Crippen LogP contribution in [0.1, 0.15) is 17.6 Å². The summed E-state index contributed by atoms with van der Waals surface area (Å²) in [5, 5.41) is 20.4. The Labute approximate surface area is 180 Å². The number of hydrogen-bond acceptors (Lipinski definition) is 10. The maximum Gasteiger partial charge on any atom is 0.473 e. The predicted octanol–water partition coefficient (Wildman–Crippen LogP) is -0.545. The smallest absolute Gasteiger partial charge is 0.387 e. The molecule has 0 amide bonds. The Morgan fingerprint density at radius 3 is 2.38 bits per heavy atom. The average molecular weight is 493 g/mol. The van der Waals surface area contributed by atoms with Gasteiger partial charge >= 0.3 is 21.1 Å². The molecule has 1 aromatic carbocycles. The van der Waals surface area contributed by atoms with Crippen LogP contribution in [0.3, 0.4) is 0 Å². The minimum atomic E-state index is -5.08. The predicted molar refractivity (Wildman–Crippen MR) is 107 cm³/mol. The first-order valence-corrected chi connectivity index (χ1v) is 12.2. The second-order valence-corrected chi connectivity index (χ2v) is 9.86. The van der Waals surface area contributed by atoms with Crippen molar-refractivity contribution in [3.8, 4) is 0 Å². The number of aliphatic hydroxyl groups is 2. The molecule has 0 aliphatic carbocycles. The van der Waals surface area contributed by atoms with Gasteiger partial charge in [-0.25, -0.2) is 9.36 Å². The van der Waals surface area contributed by atoms with Crippen LogP contribution in [0.15, 0.2) is 47.4 Å². The molecule has 176 valence electrons. The monoisotopic (exact) mass is 493 g/mol. The molecule has 14 nitrogen and oxygen atoms in total. The highest BCUT2D eigenvalue weighted by molar-refractivity contribution is 7.53. The normalized spacial score (nSPS) is 26.5. The highest BCUT2D eigenvalue weighted by atomic mass is 31.2. The summed E-state index contributed by atoms with van der Waals surface area (Å²) in [6.07, 6.45) is -4.88. The molecule has 6 atom stereocenters. The number of hydrogen-bond donors (Lipinski definition) is 6. The molecule has 16 heteroatoms. The first-order chi connectivity index (χ1) is 14.9. The molecule has 0 saturated carbocycles. The van der Waals surface area contributed by atoms with Gasteiger partial charge in [-0.05, 0) is 11.6 Å². The highest BCUT2D eigenvalue weighted by Crippen LogP contribution is 2.60. The van der Waals surface area contributed by atoms with E-state index in [9.17, 15) is 38.8 Å². The molecule has 7 N–H and O–H groups in total. The Morgan fingerprint density at radius 1 is 1.12 bits per heavy atom. The lowest BCUT2D eigenvalue weighted by atomic mass is 10.1. The fourth-order valence-corrected chi connectivity index (χ4v) is 5.15. The van der Waals surface area contributed by atoms with E-state index in [4.69, 9.17) is 19.5 Å². The number of nitrogens with two attached hydrogens (primary N) is 1. The van der Waals surface area contributed by atoms with E-state index in [-0.39, 0.29) is 11.4 Å². The van der Waals surface area contributed by atoms with Crippen molar-refractivity contribution in [2.45, 2.75) is 30.4 Å². The number of phosphoric acid groups is 1. The Bertz CT molecular complexity index is 1090. The number of benzene rings is 1. The van der Waals surface area contributed by atoms with Gasteiger partial charge in [-0.2, -0.15) is 4.98 Å². The summed E-state index contributed by atoms with van der Waals surface area (Å²) in [7, 11) is -10.1. The number of aromatic nitrogens is 2. The van der Waals surface area contributed by atoms with Gasteiger partial charge in [0, 0.05) is 6.20 Å². The molecule has 2 aromatic rings. The molecule has 0 radical (unpaired) electrons. The van der Waals surface area contributed by atoms with E-state index in [1.54, 1.807) is 6.07 Å². The van der Waals surface area contributed by atoms with Crippen molar-refractivity contribution in [2.75, 3.05) is 12.3 Å². The molecule has 0 bridgehead atoms. The topological polar surface area (TPSA) is 224 Å². The van der Waals surface area contributed by atoms with E-state index in [1.165, 1.54) is 36.5 Å². The quantitative estimate of drug-likeness (QED) is 0.254. The van der Waals surface area contributed by atoms with Crippen LogP contribution in [0, 0.1) is 0 Å². The number of nitrogens with zero attached hydrogens (tertiary/aromatic N) is 2. The third-order valence-electron chi connectivity index (χ3n) is 4.49. The van der Waals surface area contributed by atoms with Crippen molar-refractivity contribution in [3.05, 3.63) is 58.6 Å². The molecule has 1 aromatic heterocycles. The maximum atomic E-state index is 12.3. The Hall–Kier alpha value is -1.96. The second-order valence-electron chi connectivity index (χ2n) is 6.81. The number of anilines is 1. The van der Waals surface area contributed by atoms with Gasteiger partial charge in [-0.15, -0.1) is 0 Å². The number of rotatable bonds is 8. The molecular formula is C16H21N3O11P2. The van der Waals surface area contributed by atoms with Crippen molar-refractivity contribution in [1.82, 2.24) is 9.55 Å². The van der Waals surface area contributed by atoms with E-state index in [0.717, 1.165) is 4.57 Å². The molecule has 1 aliphatic heterocycles. The lowest BCUT2D eigenvalue weighted by Crippen LogP contribution is -2.36. The van der Waals surface area contributed by atoms with Crippen LogP contribution < -0.4 is 11.4 Å². The van der Waals surface area contributed by atoms with Gasteiger partial charge in [-0.1, -0.05) is 30.3 Å². The van der Waals surface area contributed by atoms with Gasteiger partial charge in [0.05, 0.1) is 6.61 Å². The van der Waals surface area contributed by atoms with Crippen LogP contribution in [0.4, 0.5) is 5.82 Å². The maximum absolute atomic E-state index is 12.3. The summed E-state index contributed by atoms with van der Waals surface area (Å²) in [5.41, 5.74) is 4.46. The first-order valence-electron chi connectivity index (χ1n) is 9.01. The summed E-state index contributed by atoms with van der Waals surface area (Å²) in [5.74, 6) is -2.16. The molecule has 0 spiro atoms.